The molecule has 4 N–H and O–H groups in total. The van der Waals surface area contributed by atoms with Crippen LogP contribution in [0.4, 0.5) is 0 Å². The van der Waals surface area contributed by atoms with Crippen molar-refractivity contribution in [1.82, 2.24) is 5.32 Å². The first-order valence-corrected chi connectivity index (χ1v) is 5.44. The van der Waals surface area contributed by atoms with Crippen LogP contribution in [0.1, 0.15) is 24.5 Å². The summed E-state index contributed by atoms with van der Waals surface area (Å²) in [5.74, 6) is 5.92. The third-order valence-electron chi connectivity index (χ3n) is 2.15. The maximum absolute atomic E-state index is 10.6. The molecule has 1 amide bonds. The summed E-state index contributed by atoms with van der Waals surface area (Å²) in [5.41, 5.74) is 6.92. The average molecular weight is 245 g/mol. The first-order valence-electron chi connectivity index (χ1n) is 5.44. The molecule has 1 rings (SSSR count). The molecule has 94 valence electrons. The Morgan fingerprint density at radius 3 is 2.67 bits per heavy atom. The molecule has 0 radical (unpaired) electrons. The highest BCUT2D eigenvalue weighted by molar-refractivity contribution is 5.97. The van der Waals surface area contributed by atoms with Crippen LogP contribution in [0.2, 0.25) is 0 Å². The molecule has 0 atom stereocenters. The summed E-state index contributed by atoms with van der Waals surface area (Å²) in [5, 5.41) is 14.1. The Hall–Kier alpha value is -2.48. The van der Waals surface area contributed by atoms with E-state index in [0.29, 0.717) is 18.5 Å². The Kier molecular flexibility index (Phi) is 5.26. The van der Waals surface area contributed by atoms with Crippen molar-refractivity contribution in [1.29, 1.82) is 0 Å². The van der Waals surface area contributed by atoms with E-state index in [1.54, 1.807) is 24.3 Å². The number of amidine groups is 1. The number of nitrogens with zero attached hydrogens (tertiary/aromatic N) is 1. The summed E-state index contributed by atoms with van der Waals surface area (Å²) < 4.78 is 0. The topological polar surface area (TPSA) is 87.7 Å². The van der Waals surface area contributed by atoms with Crippen LogP contribution in [-0.2, 0) is 4.79 Å². The average Bonchev–Trinajstić information content (AvgIpc) is 2.38. The summed E-state index contributed by atoms with van der Waals surface area (Å²) >= 11 is 0. The van der Waals surface area contributed by atoms with Crippen LogP contribution in [0.5, 0.6) is 0 Å². The molecule has 0 aliphatic heterocycles. The van der Waals surface area contributed by atoms with E-state index in [1.807, 2.05) is 0 Å². The van der Waals surface area contributed by atoms with Gasteiger partial charge in [0.25, 0.3) is 0 Å². The van der Waals surface area contributed by atoms with E-state index in [0.717, 1.165) is 5.56 Å². The smallest absolute Gasteiger partial charge is 0.216 e. The second-order valence-corrected chi connectivity index (χ2v) is 3.60. The quantitative estimate of drug-likeness (QED) is 0.182. The molecular weight excluding hydrogens is 230 g/mol. The number of nitrogens with one attached hydrogen (secondary N) is 1. The van der Waals surface area contributed by atoms with Gasteiger partial charge in [0.2, 0.25) is 5.91 Å². The zero-order chi connectivity index (χ0) is 13.4. The fraction of sp³-hybridized carbons (Fsp3) is 0.231. The van der Waals surface area contributed by atoms with Gasteiger partial charge in [0.1, 0.15) is 0 Å². The molecule has 5 heteroatoms. The maximum atomic E-state index is 10.6. The molecule has 1 aromatic rings. The lowest BCUT2D eigenvalue weighted by Crippen LogP contribution is -2.20. The Bertz CT molecular complexity index is 495. The minimum atomic E-state index is -0.0556. The van der Waals surface area contributed by atoms with Gasteiger partial charge in [0.05, 0.1) is 0 Å². The summed E-state index contributed by atoms with van der Waals surface area (Å²) in [6.45, 7) is 2.02. The van der Waals surface area contributed by atoms with Gasteiger partial charge in [-0.1, -0.05) is 17.0 Å². The van der Waals surface area contributed by atoms with Crippen molar-refractivity contribution in [2.75, 3.05) is 6.54 Å². The number of nitrogens with two attached hydrogens (primary N) is 1. The number of carbonyl (C=O) groups is 1. The van der Waals surface area contributed by atoms with Crippen LogP contribution < -0.4 is 11.1 Å². The van der Waals surface area contributed by atoms with E-state index in [2.05, 4.69) is 22.3 Å². The van der Waals surface area contributed by atoms with E-state index in [1.165, 1.54) is 6.92 Å². The second kappa shape index (κ2) is 6.97. The van der Waals surface area contributed by atoms with E-state index >= 15 is 0 Å². The minimum Gasteiger partial charge on any atom is -0.409 e. The summed E-state index contributed by atoms with van der Waals surface area (Å²) in [4.78, 5) is 10.6. The Balaban J connectivity index is 2.54. The molecule has 0 saturated heterocycles. The van der Waals surface area contributed by atoms with Crippen LogP contribution >= 0.6 is 0 Å². The standard InChI is InChI=1S/C13H15N3O2/c1-10(17)15-9-3-2-4-11-5-7-12(8-6-11)13(14)16-18/h5-8,18H,3,9H2,1H3,(H2,14,16)(H,15,17). The molecule has 1 aromatic carbocycles. The zero-order valence-electron chi connectivity index (χ0n) is 10.1. The molecule has 18 heavy (non-hydrogen) atoms. The molecule has 0 bridgehead atoms. The molecule has 0 aromatic heterocycles. The van der Waals surface area contributed by atoms with Crippen molar-refractivity contribution >= 4 is 11.7 Å². The zero-order valence-corrected chi connectivity index (χ0v) is 10.1. The van der Waals surface area contributed by atoms with Gasteiger partial charge in [-0.05, 0) is 24.3 Å². The van der Waals surface area contributed by atoms with Crippen molar-refractivity contribution in [3.8, 4) is 11.8 Å². The van der Waals surface area contributed by atoms with Crippen molar-refractivity contribution < 1.29 is 10.0 Å². The van der Waals surface area contributed by atoms with E-state index in [-0.39, 0.29) is 11.7 Å². The lowest BCUT2D eigenvalue weighted by Gasteiger charge is -1.98. The number of benzene rings is 1. The molecule has 0 aliphatic rings. The second-order valence-electron chi connectivity index (χ2n) is 3.60. The Morgan fingerprint density at radius 1 is 1.44 bits per heavy atom. The summed E-state index contributed by atoms with van der Waals surface area (Å²) in [7, 11) is 0. The predicted molar refractivity (Wildman–Crippen MR) is 69.1 cm³/mol. The van der Waals surface area contributed by atoms with Crippen LogP contribution in [0.3, 0.4) is 0 Å². The molecule has 0 unspecified atom stereocenters. The van der Waals surface area contributed by atoms with Gasteiger partial charge in [-0.25, -0.2) is 0 Å². The van der Waals surface area contributed by atoms with Gasteiger partial charge in [-0.15, -0.1) is 0 Å². The number of hydrogen-bond acceptors (Lipinski definition) is 3. The maximum Gasteiger partial charge on any atom is 0.216 e. The van der Waals surface area contributed by atoms with Gasteiger partial charge in [0.15, 0.2) is 5.84 Å². The van der Waals surface area contributed by atoms with Gasteiger partial charge in [-0.3, -0.25) is 4.79 Å². The van der Waals surface area contributed by atoms with Crippen LogP contribution in [0.15, 0.2) is 29.4 Å². The van der Waals surface area contributed by atoms with E-state index in [9.17, 15) is 4.79 Å². The highest BCUT2D eigenvalue weighted by Crippen LogP contribution is 2.02. The fourth-order valence-corrected chi connectivity index (χ4v) is 1.25. The van der Waals surface area contributed by atoms with Crippen molar-refractivity contribution in [2.45, 2.75) is 13.3 Å². The summed E-state index contributed by atoms with van der Waals surface area (Å²) in [6.07, 6.45) is 0.599. The normalized spacial score (nSPS) is 10.4. The highest BCUT2D eigenvalue weighted by atomic mass is 16.4. The van der Waals surface area contributed by atoms with Gasteiger partial charge in [-0.2, -0.15) is 0 Å². The van der Waals surface area contributed by atoms with Crippen LogP contribution in [0, 0.1) is 11.8 Å². The van der Waals surface area contributed by atoms with Crippen molar-refractivity contribution in [2.24, 2.45) is 10.9 Å². The van der Waals surface area contributed by atoms with Gasteiger partial charge < -0.3 is 16.3 Å². The van der Waals surface area contributed by atoms with Gasteiger partial charge >= 0.3 is 0 Å². The highest BCUT2D eigenvalue weighted by Gasteiger charge is 1.97. The number of hydrogen-bond donors (Lipinski definition) is 3. The van der Waals surface area contributed by atoms with Crippen molar-refractivity contribution in [3.05, 3.63) is 35.4 Å². The predicted octanol–water partition coefficient (Wildman–Crippen LogP) is 0.659. The molecule has 0 fully saturated rings. The van der Waals surface area contributed by atoms with Gasteiger partial charge in [0, 0.05) is 31.0 Å². The molecule has 5 nitrogen and oxygen atoms in total. The Labute approximate surface area is 106 Å². The number of amides is 1. The van der Waals surface area contributed by atoms with E-state index in [4.69, 9.17) is 10.9 Å². The molecule has 0 aliphatic carbocycles. The molecule has 0 heterocycles. The Morgan fingerprint density at radius 2 is 2.11 bits per heavy atom. The molecule has 0 spiro atoms. The van der Waals surface area contributed by atoms with E-state index < -0.39 is 0 Å². The fourth-order valence-electron chi connectivity index (χ4n) is 1.25. The number of oxime groups is 1. The third-order valence-corrected chi connectivity index (χ3v) is 2.15. The first kappa shape index (κ1) is 13.6. The number of rotatable bonds is 3. The van der Waals surface area contributed by atoms with Crippen LogP contribution in [0.25, 0.3) is 0 Å². The van der Waals surface area contributed by atoms with Crippen molar-refractivity contribution in [3.63, 3.8) is 0 Å². The molecule has 0 saturated carbocycles. The third kappa shape index (κ3) is 4.58. The lowest BCUT2D eigenvalue weighted by molar-refractivity contribution is -0.118. The lowest BCUT2D eigenvalue weighted by atomic mass is 10.1. The minimum absolute atomic E-state index is 0.0556. The van der Waals surface area contributed by atoms with Crippen LogP contribution in [-0.4, -0.2) is 23.5 Å². The number of carbonyl (C=O) groups excluding carboxylic acids is 1. The largest absolute Gasteiger partial charge is 0.409 e. The first-order chi connectivity index (χ1) is 8.63. The summed E-state index contributed by atoms with van der Waals surface area (Å²) in [6, 6.07) is 7.04. The molecular formula is C13H15N3O2. The SMILES string of the molecule is CC(=O)NCCC#Cc1ccc(C(N)=NO)cc1. The monoisotopic (exact) mass is 245 g/mol.